The highest BCUT2D eigenvalue weighted by molar-refractivity contribution is 7.98. The van der Waals surface area contributed by atoms with Gasteiger partial charge in [0.2, 0.25) is 0 Å². The highest BCUT2D eigenvalue weighted by Gasteiger charge is 2.21. The van der Waals surface area contributed by atoms with Gasteiger partial charge in [0.15, 0.2) is 0 Å². The van der Waals surface area contributed by atoms with Crippen molar-refractivity contribution in [3.05, 3.63) is 24.0 Å². The van der Waals surface area contributed by atoms with E-state index in [1.807, 2.05) is 6.26 Å². The van der Waals surface area contributed by atoms with Crippen LogP contribution in [0.3, 0.4) is 0 Å². The van der Waals surface area contributed by atoms with Crippen LogP contribution in [0.1, 0.15) is 0 Å². The molecule has 1 rings (SSSR count). The van der Waals surface area contributed by atoms with Crippen molar-refractivity contribution >= 4 is 24.3 Å². The molecule has 1 aromatic rings. The summed E-state index contributed by atoms with van der Waals surface area (Å²) in [4.78, 5) is 0. The van der Waals surface area contributed by atoms with Gasteiger partial charge >= 0.3 is 7.12 Å². The van der Waals surface area contributed by atoms with Crippen LogP contribution in [0.4, 0.5) is 4.39 Å². The molecule has 0 heterocycles. The Morgan fingerprint density at radius 2 is 2.20 bits per heavy atom. The third-order valence-electron chi connectivity index (χ3n) is 1.82. The smallest absolute Gasteiger partial charge is 0.493 e. The van der Waals surface area contributed by atoms with Crippen molar-refractivity contribution in [1.82, 2.24) is 0 Å². The SMILES string of the molecule is CSCCOc1cccc(F)c1B(O)O. The van der Waals surface area contributed by atoms with Crippen LogP contribution >= 0.6 is 11.8 Å². The molecule has 2 N–H and O–H groups in total. The van der Waals surface area contributed by atoms with Crippen molar-refractivity contribution in [2.45, 2.75) is 0 Å². The van der Waals surface area contributed by atoms with E-state index in [0.29, 0.717) is 6.61 Å². The van der Waals surface area contributed by atoms with E-state index in [1.54, 1.807) is 11.8 Å². The Balaban J connectivity index is 2.81. The molecule has 0 radical (unpaired) electrons. The minimum atomic E-state index is -1.85. The van der Waals surface area contributed by atoms with Crippen molar-refractivity contribution < 1.29 is 19.2 Å². The average molecular weight is 230 g/mol. The fourth-order valence-electron chi connectivity index (χ4n) is 1.13. The zero-order chi connectivity index (χ0) is 11.3. The summed E-state index contributed by atoms with van der Waals surface area (Å²) >= 11 is 1.60. The van der Waals surface area contributed by atoms with E-state index in [4.69, 9.17) is 14.8 Å². The number of hydrogen-bond donors (Lipinski definition) is 2. The number of rotatable bonds is 5. The van der Waals surface area contributed by atoms with Crippen LogP contribution in [0, 0.1) is 5.82 Å². The van der Waals surface area contributed by atoms with Gasteiger partial charge in [0.05, 0.1) is 12.1 Å². The van der Waals surface area contributed by atoms with Crippen LogP contribution in [0.5, 0.6) is 5.75 Å². The van der Waals surface area contributed by atoms with Crippen LogP contribution in [0.25, 0.3) is 0 Å². The van der Waals surface area contributed by atoms with Gasteiger partial charge in [-0.2, -0.15) is 11.8 Å². The Labute approximate surface area is 92.4 Å². The molecule has 0 aliphatic carbocycles. The van der Waals surface area contributed by atoms with Gasteiger partial charge < -0.3 is 14.8 Å². The first-order valence-electron chi connectivity index (χ1n) is 4.43. The van der Waals surface area contributed by atoms with Gasteiger partial charge in [-0.15, -0.1) is 0 Å². The molecule has 15 heavy (non-hydrogen) atoms. The summed E-state index contributed by atoms with van der Waals surface area (Å²) in [5, 5.41) is 17.9. The molecule has 6 heteroatoms. The lowest BCUT2D eigenvalue weighted by Gasteiger charge is -2.10. The second-order valence-corrected chi connectivity index (χ2v) is 3.85. The Hall–Kier alpha value is -0.715. The second kappa shape index (κ2) is 6.00. The number of thioether (sulfide) groups is 1. The van der Waals surface area contributed by atoms with E-state index in [9.17, 15) is 4.39 Å². The first-order valence-corrected chi connectivity index (χ1v) is 5.82. The van der Waals surface area contributed by atoms with E-state index >= 15 is 0 Å². The Kier molecular flexibility index (Phi) is 4.94. The average Bonchev–Trinajstić information content (AvgIpc) is 2.17. The van der Waals surface area contributed by atoms with E-state index in [1.165, 1.54) is 12.1 Å². The molecular formula is C9H12BFO3S. The van der Waals surface area contributed by atoms with Crippen molar-refractivity contribution in [3.63, 3.8) is 0 Å². The molecule has 0 saturated carbocycles. The lowest BCUT2D eigenvalue weighted by Crippen LogP contribution is -2.34. The third-order valence-corrected chi connectivity index (χ3v) is 2.39. The minimum absolute atomic E-state index is 0.180. The molecule has 1 aromatic carbocycles. The minimum Gasteiger partial charge on any atom is -0.493 e. The standard InChI is InChI=1S/C9H12BFO3S/c1-15-6-5-14-8-4-2-3-7(11)9(8)10(12)13/h2-4,12-13H,5-6H2,1H3. The molecule has 0 aromatic heterocycles. The largest absolute Gasteiger partial charge is 0.495 e. The van der Waals surface area contributed by atoms with Crippen molar-refractivity contribution in [3.8, 4) is 5.75 Å². The fraction of sp³-hybridized carbons (Fsp3) is 0.333. The van der Waals surface area contributed by atoms with E-state index < -0.39 is 12.9 Å². The molecule has 0 amide bonds. The quantitative estimate of drug-likeness (QED) is 0.562. The summed E-state index contributed by atoms with van der Waals surface area (Å²) in [6.45, 7) is 0.407. The highest BCUT2D eigenvalue weighted by atomic mass is 32.2. The summed E-state index contributed by atoms with van der Waals surface area (Å²) in [6, 6.07) is 4.14. The number of benzene rings is 1. The monoisotopic (exact) mass is 230 g/mol. The normalized spacial score (nSPS) is 10.1. The maximum absolute atomic E-state index is 13.2. The number of halogens is 1. The molecule has 0 spiro atoms. The summed E-state index contributed by atoms with van der Waals surface area (Å²) in [7, 11) is -1.85. The van der Waals surface area contributed by atoms with Gasteiger partial charge in [-0.3, -0.25) is 0 Å². The lowest BCUT2D eigenvalue weighted by atomic mass is 9.79. The summed E-state index contributed by atoms with van der Waals surface area (Å²) < 4.78 is 18.4. The first kappa shape index (κ1) is 12.4. The third kappa shape index (κ3) is 3.41. The van der Waals surface area contributed by atoms with Gasteiger partial charge in [0, 0.05) is 5.75 Å². The van der Waals surface area contributed by atoms with Gasteiger partial charge in [0.1, 0.15) is 11.6 Å². The van der Waals surface area contributed by atoms with Crippen molar-refractivity contribution in [1.29, 1.82) is 0 Å². The fourth-order valence-corrected chi connectivity index (χ4v) is 1.38. The van der Waals surface area contributed by atoms with Crippen LogP contribution in [-0.4, -0.2) is 35.8 Å². The number of ether oxygens (including phenoxy) is 1. The summed E-state index contributed by atoms with van der Waals surface area (Å²) in [5.74, 6) is 0.267. The van der Waals surface area contributed by atoms with E-state index in [-0.39, 0.29) is 11.2 Å². The van der Waals surface area contributed by atoms with Crippen LogP contribution in [0.2, 0.25) is 0 Å². The lowest BCUT2D eigenvalue weighted by molar-refractivity contribution is 0.341. The predicted octanol–water partition coefficient (Wildman–Crippen LogP) is 0.247. The van der Waals surface area contributed by atoms with E-state index in [0.717, 1.165) is 11.8 Å². The maximum atomic E-state index is 13.2. The zero-order valence-electron chi connectivity index (χ0n) is 8.31. The Morgan fingerprint density at radius 1 is 1.47 bits per heavy atom. The molecule has 0 bridgehead atoms. The molecule has 0 aliphatic heterocycles. The molecule has 0 fully saturated rings. The topological polar surface area (TPSA) is 49.7 Å². The Bertz CT molecular complexity index is 322. The highest BCUT2D eigenvalue weighted by Crippen LogP contribution is 2.10. The summed E-state index contributed by atoms with van der Waals surface area (Å²) in [5.41, 5.74) is -0.210. The second-order valence-electron chi connectivity index (χ2n) is 2.87. The number of hydrogen-bond acceptors (Lipinski definition) is 4. The van der Waals surface area contributed by atoms with Crippen LogP contribution in [-0.2, 0) is 0 Å². The Morgan fingerprint density at radius 3 is 2.80 bits per heavy atom. The predicted molar refractivity (Wildman–Crippen MR) is 60.1 cm³/mol. The summed E-state index contributed by atoms with van der Waals surface area (Å²) in [6.07, 6.45) is 1.93. The van der Waals surface area contributed by atoms with Crippen molar-refractivity contribution in [2.24, 2.45) is 0 Å². The van der Waals surface area contributed by atoms with Crippen LogP contribution < -0.4 is 10.2 Å². The molecule has 82 valence electrons. The van der Waals surface area contributed by atoms with Gasteiger partial charge in [-0.05, 0) is 18.4 Å². The van der Waals surface area contributed by atoms with Gasteiger partial charge in [0.25, 0.3) is 0 Å². The zero-order valence-corrected chi connectivity index (χ0v) is 9.13. The molecule has 3 nitrogen and oxygen atoms in total. The molecule has 0 saturated heterocycles. The van der Waals surface area contributed by atoms with E-state index in [2.05, 4.69) is 0 Å². The molecule has 0 aliphatic rings. The van der Waals surface area contributed by atoms with Gasteiger partial charge in [-0.1, -0.05) is 6.07 Å². The van der Waals surface area contributed by atoms with Gasteiger partial charge in [-0.25, -0.2) is 4.39 Å². The van der Waals surface area contributed by atoms with Crippen molar-refractivity contribution in [2.75, 3.05) is 18.6 Å². The first-order chi connectivity index (χ1) is 7.16. The maximum Gasteiger partial charge on any atom is 0.495 e. The molecule has 0 unspecified atom stereocenters. The van der Waals surface area contributed by atoms with Crippen LogP contribution in [0.15, 0.2) is 18.2 Å². The molecule has 0 atom stereocenters. The molecular weight excluding hydrogens is 218 g/mol.